The Morgan fingerprint density at radius 1 is 0.459 bits per heavy atom. The van der Waals surface area contributed by atoms with Gasteiger partial charge < -0.3 is 5.11 Å². The highest BCUT2D eigenvalue weighted by molar-refractivity contribution is 7.26. The van der Waals surface area contributed by atoms with Gasteiger partial charge in [0, 0.05) is 51.5 Å². The molecule has 0 amide bonds. The maximum atomic E-state index is 11.1. The van der Waals surface area contributed by atoms with Gasteiger partial charge in [-0.25, -0.2) is 0 Å². The Morgan fingerprint density at radius 3 is 1.76 bits per heavy atom. The lowest BCUT2D eigenvalue weighted by Gasteiger charge is -2.12. The molecule has 0 aliphatic heterocycles. The second-order valence-electron chi connectivity index (χ2n) is 9.46. The number of hydrogen-bond acceptors (Lipinski definition) is 3. The molecule has 1 N–H and O–H groups in total. The summed E-state index contributed by atoms with van der Waals surface area (Å²) >= 11 is 3.65. The van der Waals surface area contributed by atoms with Gasteiger partial charge in [-0.2, -0.15) is 0 Å². The van der Waals surface area contributed by atoms with Crippen molar-refractivity contribution in [1.82, 2.24) is 0 Å². The van der Waals surface area contributed by atoms with Crippen molar-refractivity contribution in [1.29, 1.82) is 0 Å². The number of aromatic hydroxyl groups is 1. The van der Waals surface area contributed by atoms with Crippen molar-refractivity contribution in [2.24, 2.45) is 0 Å². The van der Waals surface area contributed by atoms with Crippen molar-refractivity contribution in [2.45, 2.75) is 0 Å². The predicted octanol–water partition coefficient (Wildman–Crippen LogP) is 10.6. The fourth-order valence-corrected chi connectivity index (χ4v) is 8.15. The minimum Gasteiger partial charge on any atom is -0.507 e. The molecular formula is C34H20OS2. The lowest BCUT2D eigenvalue weighted by molar-refractivity contribution is 0.478. The second-order valence-corrected chi connectivity index (χ2v) is 11.6. The topological polar surface area (TPSA) is 20.2 Å². The van der Waals surface area contributed by atoms with Crippen molar-refractivity contribution in [2.75, 3.05) is 0 Å². The van der Waals surface area contributed by atoms with Crippen molar-refractivity contribution < 1.29 is 5.11 Å². The molecule has 8 rings (SSSR count). The van der Waals surface area contributed by atoms with Crippen LogP contribution in [0.15, 0.2) is 115 Å². The molecule has 2 aromatic heterocycles. The molecule has 0 fully saturated rings. The first-order valence-corrected chi connectivity index (χ1v) is 14.0. The minimum atomic E-state index is 0.316. The number of phenolic OH excluding ortho intramolecular Hbond substituents is 1. The molecule has 3 heteroatoms. The van der Waals surface area contributed by atoms with E-state index in [0.29, 0.717) is 5.75 Å². The number of thiophene rings is 2. The van der Waals surface area contributed by atoms with Gasteiger partial charge in [-0.15, -0.1) is 22.7 Å². The second kappa shape index (κ2) is 7.91. The summed E-state index contributed by atoms with van der Waals surface area (Å²) < 4.78 is 5.11. The van der Waals surface area contributed by atoms with Crippen LogP contribution in [0.4, 0.5) is 0 Å². The van der Waals surface area contributed by atoms with Crippen LogP contribution in [-0.2, 0) is 0 Å². The molecule has 37 heavy (non-hydrogen) atoms. The molecule has 0 saturated carbocycles. The van der Waals surface area contributed by atoms with E-state index in [1.54, 1.807) is 11.3 Å². The third-order valence-corrected chi connectivity index (χ3v) is 9.83. The van der Waals surface area contributed by atoms with Gasteiger partial charge in [-0.05, 0) is 46.2 Å². The molecule has 174 valence electrons. The summed E-state index contributed by atoms with van der Waals surface area (Å²) in [6.45, 7) is 0. The molecule has 0 atom stereocenters. The molecule has 0 aliphatic carbocycles. The van der Waals surface area contributed by atoms with Crippen molar-refractivity contribution in [3.05, 3.63) is 115 Å². The van der Waals surface area contributed by atoms with Gasteiger partial charge in [0.25, 0.3) is 0 Å². The highest BCUT2D eigenvalue weighted by atomic mass is 32.1. The fraction of sp³-hybridized carbons (Fsp3) is 0. The molecule has 0 bridgehead atoms. The van der Waals surface area contributed by atoms with E-state index in [1.807, 2.05) is 23.5 Å². The van der Waals surface area contributed by atoms with Crippen molar-refractivity contribution in [3.63, 3.8) is 0 Å². The summed E-state index contributed by atoms with van der Waals surface area (Å²) in [5, 5.41) is 18.4. The molecule has 0 spiro atoms. The van der Waals surface area contributed by atoms with E-state index in [9.17, 15) is 5.11 Å². The zero-order valence-corrected chi connectivity index (χ0v) is 21.4. The van der Waals surface area contributed by atoms with Gasteiger partial charge in [0.05, 0.1) is 0 Å². The van der Waals surface area contributed by atoms with Crippen LogP contribution >= 0.6 is 22.7 Å². The van der Waals surface area contributed by atoms with Crippen LogP contribution in [0, 0.1) is 0 Å². The third kappa shape index (κ3) is 3.08. The maximum absolute atomic E-state index is 11.1. The zero-order valence-electron chi connectivity index (χ0n) is 19.7. The Bertz CT molecular complexity index is 2160. The maximum Gasteiger partial charge on any atom is 0.124 e. The highest BCUT2D eigenvalue weighted by Crippen LogP contribution is 2.46. The summed E-state index contributed by atoms with van der Waals surface area (Å²) in [4.78, 5) is 0. The summed E-state index contributed by atoms with van der Waals surface area (Å²) in [6.07, 6.45) is 0. The monoisotopic (exact) mass is 508 g/mol. The largest absolute Gasteiger partial charge is 0.507 e. The Labute approximate surface area is 221 Å². The number of rotatable bonds is 2. The molecule has 2 heterocycles. The molecule has 1 nitrogen and oxygen atoms in total. The number of hydrogen-bond donors (Lipinski definition) is 1. The molecule has 0 saturated heterocycles. The first-order chi connectivity index (χ1) is 18.3. The van der Waals surface area contributed by atoms with Gasteiger partial charge in [0.15, 0.2) is 0 Å². The number of fused-ring (bicyclic) bond motifs is 7. The zero-order chi connectivity index (χ0) is 24.5. The van der Waals surface area contributed by atoms with E-state index >= 15 is 0 Å². The van der Waals surface area contributed by atoms with E-state index in [2.05, 4.69) is 103 Å². The van der Waals surface area contributed by atoms with E-state index in [4.69, 9.17) is 0 Å². The standard InChI is InChI=1S/C34H20OS2/c35-29-18-16-20-19-21(23-9-5-10-26-24-7-1-3-13-30(24)36-33(23)26)15-17-22(20)32(29)28-12-6-11-27-25-8-2-4-14-31(25)37-34(27)28/h1-19,35H. The van der Waals surface area contributed by atoms with Crippen molar-refractivity contribution >= 4 is 73.8 Å². The van der Waals surface area contributed by atoms with Crippen LogP contribution in [0.25, 0.3) is 73.4 Å². The van der Waals surface area contributed by atoms with Crippen LogP contribution in [-0.4, -0.2) is 5.11 Å². The Hall–Kier alpha value is -4.18. The quantitative estimate of drug-likeness (QED) is 0.246. The summed E-state index contributed by atoms with van der Waals surface area (Å²) in [7, 11) is 0. The molecule has 0 radical (unpaired) electrons. The Balaban J connectivity index is 1.37. The molecule has 6 aromatic carbocycles. The van der Waals surface area contributed by atoms with Crippen LogP contribution in [0.1, 0.15) is 0 Å². The molecule has 0 unspecified atom stereocenters. The number of benzene rings is 6. The van der Waals surface area contributed by atoms with E-state index in [0.717, 1.165) is 21.9 Å². The van der Waals surface area contributed by atoms with E-state index in [1.165, 1.54) is 51.5 Å². The Morgan fingerprint density at radius 2 is 1.05 bits per heavy atom. The predicted molar refractivity (Wildman–Crippen MR) is 162 cm³/mol. The minimum absolute atomic E-state index is 0.316. The van der Waals surface area contributed by atoms with Crippen LogP contribution in [0.2, 0.25) is 0 Å². The molecular weight excluding hydrogens is 489 g/mol. The summed E-state index contributed by atoms with van der Waals surface area (Å²) in [6, 6.07) is 40.7. The van der Waals surface area contributed by atoms with Crippen LogP contribution < -0.4 is 0 Å². The smallest absolute Gasteiger partial charge is 0.124 e. The molecule has 8 aromatic rings. The summed E-state index contributed by atoms with van der Waals surface area (Å²) in [5.41, 5.74) is 4.44. The molecule has 0 aliphatic rings. The average Bonchev–Trinajstić information content (AvgIpc) is 3.51. The lowest BCUT2D eigenvalue weighted by atomic mass is 9.93. The highest BCUT2D eigenvalue weighted by Gasteiger charge is 2.17. The van der Waals surface area contributed by atoms with Gasteiger partial charge in [-0.3, -0.25) is 0 Å². The van der Waals surface area contributed by atoms with E-state index in [-0.39, 0.29) is 0 Å². The number of phenols is 1. The lowest BCUT2D eigenvalue weighted by Crippen LogP contribution is -1.85. The van der Waals surface area contributed by atoms with Crippen molar-refractivity contribution in [3.8, 4) is 28.0 Å². The SMILES string of the molecule is Oc1ccc2cc(-c3cccc4c3sc3ccccc34)ccc2c1-c1cccc2c1sc1ccccc12. The van der Waals surface area contributed by atoms with Crippen LogP contribution in [0.3, 0.4) is 0 Å². The van der Waals surface area contributed by atoms with E-state index < -0.39 is 0 Å². The Kier molecular flexibility index (Phi) is 4.48. The summed E-state index contributed by atoms with van der Waals surface area (Å²) in [5.74, 6) is 0.316. The van der Waals surface area contributed by atoms with Crippen LogP contribution in [0.5, 0.6) is 5.75 Å². The van der Waals surface area contributed by atoms with Gasteiger partial charge in [-0.1, -0.05) is 91.0 Å². The third-order valence-electron chi connectivity index (χ3n) is 7.39. The normalized spacial score (nSPS) is 11.9. The van der Waals surface area contributed by atoms with Gasteiger partial charge in [0.1, 0.15) is 5.75 Å². The average molecular weight is 509 g/mol. The first-order valence-electron chi connectivity index (χ1n) is 12.3. The fourth-order valence-electron chi connectivity index (χ4n) is 5.69. The van der Waals surface area contributed by atoms with Gasteiger partial charge >= 0.3 is 0 Å². The van der Waals surface area contributed by atoms with Gasteiger partial charge in [0.2, 0.25) is 0 Å². The first kappa shape index (κ1) is 21.0.